The molecule has 2 aromatic rings. The minimum absolute atomic E-state index is 0.132. The number of rotatable bonds is 4. The van der Waals surface area contributed by atoms with Crippen molar-refractivity contribution in [3.05, 3.63) is 29.5 Å². The van der Waals surface area contributed by atoms with E-state index in [9.17, 15) is 8.42 Å². The van der Waals surface area contributed by atoms with Gasteiger partial charge >= 0.3 is 0 Å². The molecule has 0 saturated carbocycles. The Kier molecular flexibility index (Phi) is 3.40. The summed E-state index contributed by atoms with van der Waals surface area (Å²) in [7, 11) is 1.68. The average Bonchev–Trinajstić information content (AvgIpc) is 2.67. The summed E-state index contributed by atoms with van der Waals surface area (Å²) in [5.41, 5.74) is 2.47. The van der Waals surface area contributed by atoms with Crippen LogP contribution in [0.4, 0.5) is 0 Å². The molecule has 1 heterocycles. The Hall–Kier alpha value is -1.07. The van der Waals surface area contributed by atoms with Crippen molar-refractivity contribution in [2.45, 2.75) is 19.8 Å². The summed E-state index contributed by atoms with van der Waals surface area (Å²) in [6, 6.07) is 5.79. The van der Waals surface area contributed by atoms with E-state index < -0.39 is 9.05 Å². The first kappa shape index (κ1) is 12.4. The fourth-order valence-corrected chi connectivity index (χ4v) is 2.32. The van der Waals surface area contributed by atoms with E-state index in [-0.39, 0.29) is 12.2 Å². The second-order valence-electron chi connectivity index (χ2n) is 3.81. The van der Waals surface area contributed by atoms with Crippen molar-refractivity contribution in [1.82, 2.24) is 5.16 Å². The summed E-state index contributed by atoms with van der Waals surface area (Å²) in [4.78, 5) is 0. The van der Waals surface area contributed by atoms with E-state index in [1.54, 1.807) is 0 Å². The molecule has 92 valence electrons. The predicted molar refractivity (Wildman–Crippen MR) is 66.7 cm³/mol. The highest BCUT2D eigenvalue weighted by Crippen LogP contribution is 2.21. The zero-order valence-corrected chi connectivity index (χ0v) is 10.9. The van der Waals surface area contributed by atoms with Crippen LogP contribution in [0.2, 0.25) is 0 Å². The predicted octanol–water partition coefficient (Wildman–Crippen LogP) is 2.50. The summed E-state index contributed by atoms with van der Waals surface area (Å²) in [5.74, 6) is -0.132. The number of aryl methyl sites for hydroxylation is 2. The van der Waals surface area contributed by atoms with Crippen LogP contribution in [0.1, 0.15) is 18.2 Å². The van der Waals surface area contributed by atoms with Crippen LogP contribution in [-0.4, -0.2) is 19.3 Å². The second kappa shape index (κ2) is 4.66. The number of benzene rings is 1. The highest BCUT2D eigenvalue weighted by Gasteiger charge is 2.12. The molecule has 0 amide bonds. The number of hydrogen-bond acceptors (Lipinski definition) is 4. The minimum Gasteiger partial charge on any atom is -0.356 e. The Morgan fingerprint density at radius 2 is 2.18 bits per heavy atom. The Labute approximate surface area is 104 Å². The molecule has 17 heavy (non-hydrogen) atoms. The molecule has 0 radical (unpaired) electrons. The van der Waals surface area contributed by atoms with Gasteiger partial charge in [0.2, 0.25) is 9.05 Å². The fourth-order valence-electron chi connectivity index (χ4n) is 1.65. The topological polar surface area (TPSA) is 60.2 Å². The molecule has 0 N–H and O–H groups in total. The van der Waals surface area contributed by atoms with E-state index in [0.29, 0.717) is 11.3 Å². The molecule has 0 bridgehead atoms. The molecule has 1 aromatic heterocycles. The zero-order valence-electron chi connectivity index (χ0n) is 9.31. The Balaban J connectivity index is 2.34. The van der Waals surface area contributed by atoms with Crippen LogP contribution in [0.15, 0.2) is 22.7 Å². The van der Waals surface area contributed by atoms with Gasteiger partial charge in [-0.2, -0.15) is 0 Å². The van der Waals surface area contributed by atoms with E-state index in [2.05, 4.69) is 12.1 Å². The van der Waals surface area contributed by atoms with Crippen LogP contribution in [0.25, 0.3) is 11.0 Å². The molecule has 0 atom stereocenters. The van der Waals surface area contributed by atoms with Crippen molar-refractivity contribution in [1.29, 1.82) is 0 Å². The van der Waals surface area contributed by atoms with Crippen LogP contribution in [0, 0.1) is 0 Å². The zero-order chi connectivity index (χ0) is 12.5. The van der Waals surface area contributed by atoms with E-state index >= 15 is 0 Å². The van der Waals surface area contributed by atoms with Crippen molar-refractivity contribution in [3.8, 4) is 0 Å². The molecule has 0 spiro atoms. The smallest absolute Gasteiger partial charge is 0.232 e. The number of nitrogens with zero attached hydrogens (tertiary/aromatic N) is 1. The molecule has 2 rings (SSSR count). The molecule has 0 aliphatic rings. The molecule has 0 aliphatic carbocycles. The number of fused-ring (bicyclic) bond motifs is 1. The van der Waals surface area contributed by atoms with Gasteiger partial charge in [-0.3, -0.25) is 0 Å². The maximum atomic E-state index is 10.9. The van der Waals surface area contributed by atoms with E-state index in [0.717, 1.165) is 17.4 Å². The molecule has 0 fully saturated rings. The maximum Gasteiger partial charge on any atom is 0.232 e. The Bertz CT molecular complexity index is 633. The molecule has 6 heteroatoms. The summed E-state index contributed by atoms with van der Waals surface area (Å²) in [6.45, 7) is 2.05. The lowest BCUT2D eigenvalue weighted by atomic mass is 10.1. The van der Waals surface area contributed by atoms with Crippen molar-refractivity contribution in [2.24, 2.45) is 0 Å². The van der Waals surface area contributed by atoms with Gasteiger partial charge in [0.25, 0.3) is 0 Å². The van der Waals surface area contributed by atoms with Gasteiger partial charge in [0.15, 0.2) is 5.58 Å². The lowest BCUT2D eigenvalue weighted by Crippen LogP contribution is -2.01. The number of halogens is 1. The van der Waals surface area contributed by atoms with Crippen molar-refractivity contribution < 1.29 is 12.9 Å². The molecular weight excluding hydrogens is 262 g/mol. The molecular formula is C11H12ClNO3S. The van der Waals surface area contributed by atoms with Crippen molar-refractivity contribution in [3.63, 3.8) is 0 Å². The Morgan fingerprint density at radius 1 is 1.41 bits per heavy atom. The molecule has 0 saturated heterocycles. The third kappa shape index (κ3) is 2.98. The lowest BCUT2D eigenvalue weighted by Gasteiger charge is -1.97. The van der Waals surface area contributed by atoms with Crippen molar-refractivity contribution in [2.75, 3.05) is 5.75 Å². The van der Waals surface area contributed by atoms with Gasteiger partial charge < -0.3 is 4.52 Å². The highest BCUT2D eigenvalue weighted by atomic mass is 35.7. The van der Waals surface area contributed by atoms with Crippen LogP contribution in [0.3, 0.4) is 0 Å². The molecule has 0 aliphatic heterocycles. The third-order valence-electron chi connectivity index (χ3n) is 2.60. The molecule has 4 nitrogen and oxygen atoms in total. The van der Waals surface area contributed by atoms with Crippen LogP contribution < -0.4 is 0 Å². The normalized spacial score (nSPS) is 12.1. The summed E-state index contributed by atoms with van der Waals surface area (Å²) in [5, 5.41) is 4.74. The maximum absolute atomic E-state index is 10.9. The number of aromatic nitrogens is 1. The minimum atomic E-state index is -3.49. The molecule has 1 aromatic carbocycles. The van der Waals surface area contributed by atoms with E-state index in [1.807, 2.05) is 18.2 Å². The van der Waals surface area contributed by atoms with Gasteiger partial charge in [-0.05, 0) is 24.1 Å². The van der Waals surface area contributed by atoms with E-state index in [1.165, 1.54) is 0 Å². The van der Waals surface area contributed by atoms with Gasteiger partial charge in [-0.1, -0.05) is 18.1 Å². The van der Waals surface area contributed by atoms with Crippen LogP contribution >= 0.6 is 10.7 Å². The first-order chi connectivity index (χ1) is 7.99. The highest BCUT2D eigenvalue weighted by molar-refractivity contribution is 8.13. The first-order valence-corrected chi connectivity index (χ1v) is 7.77. The summed E-state index contributed by atoms with van der Waals surface area (Å²) < 4.78 is 26.9. The standard InChI is InChI=1S/C11H12ClNO3S/c1-2-8-3-4-11-9(7-8)10(13-16-11)5-6-17(12,14)15/h3-4,7H,2,5-6H2,1H3. The van der Waals surface area contributed by atoms with Gasteiger partial charge in [-0.15, -0.1) is 0 Å². The van der Waals surface area contributed by atoms with Gasteiger partial charge in [0.1, 0.15) is 0 Å². The van der Waals surface area contributed by atoms with Gasteiger partial charge in [0, 0.05) is 22.5 Å². The monoisotopic (exact) mass is 273 g/mol. The molecule has 0 unspecified atom stereocenters. The third-order valence-corrected chi connectivity index (χ3v) is 3.75. The van der Waals surface area contributed by atoms with Crippen LogP contribution in [-0.2, 0) is 21.9 Å². The number of hydrogen-bond donors (Lipinski definition) is 0. The Morgan fingerprint density at radius 3 is 2.82 bits per heavy atom. The van der Waals surface area contributed by atoms with Crippen LogP contribution in [0.5, 0.6) is 0 Å². The SMILES string of the molecule is CCc1ccc2onc(CCS(=O)(=O)Cl)c2c1. The second-order valence-corrected chi connectivity index (χ2v) is 6.70. The van der Waals surface area contributed by atoms with E-state index in [4.69, 9.17) is 15.2 Å². The lowest BCUT2D eigenvalue weighted by molar-refractivity contribution is 0.447. The van der Waals surface area contributed by atoms with Gasteiger partial charge in [-0.25, -0.2) is 8.42 Å². The van der Waals surface area contributed by atoms with Crippen molar-refractivity contribution >= 4 is 30.7 Å². The fraction of sp³-hybridized carbons (Fsp3) is 0.364. The quantitative estimate of drug-likeness (QED) is 0.803. The summed E-state index contributed by atoms with van der Waals surface area (Å²) >= 11 is 0. The summed E-state index contributed by atoms with van der Waals surface area (Å²) in [6.07, 6.45) is 1.18. The first-order valence-electron chi connectivity index (χ1n) is 5.29. The largest absolute Gasteiger partial charge is 0.356 e. The average molecular weight is 274 g/mol. The van der Waals surface area contributed by atoms with Gasteiger partial charge in [0.05, 0.1) is 11.4 Å².